The van der Waals surface area contributed by atoms with Gasteiger partial charge in [0.2, 0.25) is 0 Å². The molecule has 7 heteroatoms. The highest BCUT2D eigenvalue weighted by molar-refractivity contribution is 6.55. The van der Waals surface area contributed by atoms with Gasteiger partial charge in [0.15, 0.2) is 0 Å². The molecule has 114 valence electrons. The third-order valence-electron chi connectivity index (χ3n) is 3.20. The number of hydrogen-bond donors (Lipinski definition) is 3. The standard InChI is InChI=1S/C14H22N4O2Si/c1-21(2)6-5-20-10-18-9-12(8-16-18)11-3-4-13(15)14(7-11)17-19/h3-4,7-9,17,19,21H,5-6,10,15H2,1-2H3. The van der Waals surface area contributed by atoms with E-state index < -0.39 is 8.80 Å². The Kier molecular flexibility index (Phi) is 5.37. The van der Waals surface area contributed by atoms with Gasteiger partial charge in [-0.15, -0.1) is 0 Å². The van der Waals surface area contributed by atoms with Gasteiger partial charge >= 0.3 is 0 Å². The molecule has 0 aliphatic rings. The van der Waals surface area contributed by atoms with Crippen LogP contribution in [0.15, 0.2) is 30.6 Å². The maximum atomic E-state index is 9.02. The zero-order valence-electron chi connectivity index (χ0n) is 12.4. The van der Waals surface area contributed by atoms with Gasteiger partial charge < -0.3 is 10.5 Å². The Balaban J connectivity index is 1.99. The summed E-state index contributed by atoms with van der Waals surface area (Å²) in [5.41, 5.74) is 10.7. The monoisotopic (exact) mass is 306 g/mol. The first-order valence-electron chi connectivity index (χ1n) is 7.00. The molecule has 0 aliphatic heterocycles. The average Bonchev–Trinajstić information content (AvgIpc) is 2.93. The van der Waals surface area contributed by atoms with Crippen LogP contribution in [-0.4, -0.2) is 30.4 Å². The summed E-state index contributed by atoms with van der Waals surface area (Å²) >= 11 is 0. The second kappa shape index (κ2) is 7.25. The number of nitrogens with one attached hydrogen (secondary N) is 1. The molecule has 4 N–H and O–H groups in total. The third-order valence-corrected chi connectivity index (χ3v) is 4.59. The fourth-order valence-corrected chi connectivity index (χ4v) is 2.53. The van der Waals surface area contributed by atoms with Crippen molar-refractivity contribution in [1.82, 2.24) is 9.78 Å². The van der Waals surface area contributed by atoms with Crippen LogP contribution in [-0.2, 0) is 11.5 Å². The molecule has 0 fully saturated rings. The van der Waals surface area contributed by atoms with E-state index in [1.54, 1.807) is 23.0 Å². The van der Waals surface area contributed by atoms with Crippen LogP contribution in [0.4, 0.5) is 11.4 Å². The maximum Gasteiger partial charge on any atom is 0.139 e. The lowest BCUT2D eigenvalue weighted by molar-refractivity contribution is 0.0789. The van der Waals surface area contributed by atoms with Crippen molar-refractivity contribution in [3.63, 3.8) is 0 Å². The minimum absolute atomic E-state index is 0.460. The normalized spacial score (nSPS) is 11.0. The predicted octanol–water partition coefficient (Wildman–Crippen LogP) is 2.39. The molecule has 0 unspecified atom stereocenters. The van der Waals surface area contributed by atoms with Gasteiger partial charge in [0, 0.05) is 27.2 Å². The fraction of sp³-hybridized carbons (Fsp3) is 0.357. The number of rotatable bonds is 7. The average molecular weight is 306 g/mol. The molecule has 21 heavy (non-hydrogen) atoms. The zero-order valence-corrected chi connectivity index (χ0v) is 13.6. The summed E-state index contributed by atoms with van der Waals surface area (Å²) < 4.78 is 7.37. The second-order valence-electron chi connectivity index (χ2n) is 5.40. The van der Waals surface area contributed by atoms with Crippen LogP contribution in [0.2, 0.25) is 19.1 Å². The van der Waals surface area contributed by atoms with Crippen molar-refractivity contribution >= 4 is 20.2 Å². The van der Waals surface area contributed by atoms with E-state index in [-0.39, 0.29) is 0 Å². The lowest BCUT2D eigenvalue weighted by Crippen LogP contribution is -2.08. The maximum absolute atomic E-state index is 9.02. The Bertz CT molecular complexity index is 586. The van der Waals surface area contributed by atoms with Crippen molar-refractivity contribution in [3.05, 3.63) is 30.6 Å². The number of nitrogens with two attached hydrogens (primary N) is 1. The molecule has 1 aromatic carbocycles. The Morgan fingerprint density at radius 3 is 2.90 bits per heavy atom. The van der Waals surface area contributed by atoms with E-state index in [9.17, 15) is 0 Å². The van der Waals surface area contributed by atoms with E-state index in [2.05, 4.69) is 23.7 Å². The van der Waals surface area contributed by atoms with Gasteiger partial charge in [0.1, 0.15) is 6.73 Å². The molecule has 6 nitrogen and oxygen atoms in total. The summed E-state index contributed by atoms with van der Waals surface area (Å²) in [4.78, 5) is 0. The summed E-state index contributed by atoms with van der Waals surface area (Å²) in [5.74, 6) is 0. The summed E-state index contributed by atoms with van der Waals surface area (Å²) in [6.45, 7) is 5.87. The minimum atomic E-state index is -0.551. The molecule has 0 radical (unpaired) electrons. The van der Waals surface area contributed by atoms with E-state index in [0.29, 0.717) is 18.1 Å². The largest absolute Gasteiger partial charge is 0.397 e. The van der Waals surface area contributed by atoms with E-state index >= 15 is 0 Å². The summed E-state index contributed by atoms with van der Waals surface area (Å²) in [6, 6.07) is 6.59. The molecule has 0 saturated carbocycles. The highest BCUT2D eigenvalue weighted by atomic mass is 28.3. The Hall–Kier alpha value is -1.83. The second-order valence-corrected chi connectivity index (χ2v) is 8.77. The molecule has 0 atom stereocenters. The number of aromatic nitrogens is 2. The van der Waals surface area contributed by atoms with Gasteiger partial charge in [-0.3, -0.25) is 10.7 Å². The summed E-state index contributed by atoms with van der Waals surface area (Å²) in [5, 5.41) is 13.3. The van der Waals surface area contributed by atoms with E-state index in [4.69, 9.17) is 15.7 Å². The molecular formula is C14H22N4O2Si. The molecule has 2 rings (SSSR count). The van der Waals surface area contributed by atoms with Crippen molar-refractivity contribution < 1.29 is 9.94 Å². The molecule has 2 aromatic rings. The predicted molar refractivity (Wildman–Crippen MR) is 87.1 cm³/mol. The first kappa shape index (κ1) is 15.6. The van der Waals surface area contributed by atoms with Gasteiger partial charge in [0.25, 0.3) is 0 Å². The highest BCUT2D eigenvalue weighted by Gasteiger charge is 2.05. The summed E-state index contributed by atoms with van der Waals surface area (Å²) in [6.07, 6.45) is 3.69. The minimum Gasteiger partial charge on any atom is -0.397 e. The van der Waals surface area contributed by atoms with Crippen LogP contribution in [0.25, 0.3) is 11.1 Å². The number of nitrogens with zero attached hydrogens (tertiary/aromatic N) is 2. The van der Waals surface area contributed by atoms with Crippen LogP contribution in [0.3, 0.4) is 0 Å². The molecule has 1 heterocycles. The van der Waals surface area contributed by atoms with Crippen LogP contribution < -0.4 is 11.2 Å². The first-order chi connectivity index (χ1) is 10.1. The molecular weight excluding hydrogens is 284 g/mol. The van der Waals surface area contributed by atoms with Crippen molar-refractivity contribution in [1.29, 1.82) is 0 Å². The molecule has 0 spiro atoms. The van der Waals surface area contributed by atoms with Crippen molar-refractivity contribution in [2.75, 3.05) is 17.8 Å². The van der Waals surface area contributed by atoms with E-state index in [1.165, 1.54) is 6.04 Å². The Morgan fingerprint density at radius 1 is 1.38 bits per heavy atom. The highest BCUT2D eigenvalue weighted by Crippen LogP contribution is 2.26. The lowest BCUT2D eigenvalue weighted by Gasteiger charge is -2.06. The number of hydrogen-bond acceptors (Lipinski definition) is 5. The molecule has 0 aliphatic carbocycles. The van der Waals surface area contributed by atoms with Crippen molar-refractivity contribution in [2.45, 2.75) is 25.9 Å². The molecule has 0 bridgehead atoms. The molecule has 0 amide bonds. The Morgan fingerprint density at radius 2 is 2.19 bits per heavy atom. The van der Waals surface area contributed by atoms with Gasteiger partial charge in [-0.2, -0.15) is 5.10 Å². The Labute approximate surface area is 126 Å². The van der Waals surface area contributed by atoms with Gasteiger partial charge in [0.05, 0.1) is 17.6 Å². The van der Waals surface area contributed by atoms with Gasteiger partial charge in [-0.25, -0.2) is 4.68 Å². The first-order valence-corrected chi connectivity index (χ1v) is 10.1. The fourth-order valence-electron chi connectivity index (χ4n) is 1.89. The van der Waals surface area contributed by atoms with Crippen molar-refractivity contribution in [2.24, 2.45) is 0 Å². The van der Waals surface area contributed by atoms with E-state index in [0.717, 1.165) is 17.7 Å². The molecule has 1 aromatic heterocycles. The lowest BCUT2D eigenvalue weighted by atomic mass is 10.1. The van der Waals surface area contributed by atoms with Crippen molar-refractivity contribution in [3.8, 4) is 11.1 Å². The van der Waals surface area contributed by atoms with Crippen LogP contribution in [0.5, 0.6) is 0 Å². The number of ether oxygens (including phenoxy) is 1. The van der Waals surface area contributed by atoms with Crippen LogP contribution in [0.1, 0.15) is 0 Å². The van der Waals surface area contributed by atoms with Crippen LogP contribution >= 0.6 is 0 Å². The van der Waals surface area contributed by atoms with Gasteiger partial charge in [-0.05, 0) is 23.7 Å². The van der Waals surface area contributed by atoms with E-state index in [1.807, 2.05) is 12.3 Å². The number of anilines is 2. The summed E-state index contributed by atoms with van der Waals surface area (Å²) in [7, 11) is -0.551. The number of nitrogen functional groups attached to an aromatic ring is 1. The molecule has 0 saturated heterocycles. The third kappa shape index (κ3) is 4.32. The number of benzene rings is 1. The SMILES string of the molecule is C[SiH](C)CCOCn1cc(-c2ccc(N)c(NO)c2)cn1. The zero-order chi connectivity index (χ0) is 15.2. The quantitative estimate of drug-likeness (QED) is 0.316. The van der Waals surface area contributed by atoms with Crippen LogP contribution in [0, 0.1) is 0 Å². The van der Waals surface area contributed by atoms with Gasteiger partial charge in [-0.1, -0.05) is 19.2 Å². The topological polar surface area (TPSA) is 85.3 Å². The smallest absolute Gasteiger partial charge is 0.139 e.